The molecule has 1 rings (SSSR count). The van der Waals surface area contributed by atoms with E-state index in [1.165, 1.54) is 0 Å². The number of carbonyl (C=O) groups is 1. The van der Waals surface area contributed by atoms with Crippen molar-refractivity contribution in [3.05, 3.63) is 0 Å². The Kier molecular flexibility index (Phi) is 6.52. The molecule has 0 spiro atoms. The highest BCUT2D eigenvalue weighted by molar-refractivity contribution is 5.79. The van der Waals surface area contributed by atoms with E-state index in [2.05, 4.69) is 6.92 Å². The fourth-order valence-corrected chi connectivity index (χ4v) is 2.36. The van der Waals surface area contributed by atoms with Crippen LogP contribution < -0.4 is 5.73 Å². The van der Waals surface area contributed by atoms with Crippen LogP contribution in [0.4, 0.5) is 0 Å². The van der Waals surface area contributed by atoms with Crippen LogP contribution in [-0.2, 0) is 9.53 Å². The van der Waals surface area contributed by atoms with E-state index in [9.17, 15) is 4.79 Å². The van der Waals surface area contributed by atoms with E-state index < -0.39 is 0 Å². The van der Waals surface area contributed by atoms with Crippen molar-refractivity contribution < 1.29 is 9.53 Å². The zero-order chi connectivity index (χ0) is 12.7. The van der Waals surface area contributed by atoms with Crippen molar-refractivity contribution in [2.75, 3.05) is 26.2 Å². The molecule has 0 aromatic rings. The van der Waals surface area contributed by atoms with Crippen molar-refractivity contribution >= 4 is 5.91 Å². The van der Waals surface area contributed by atoms with Crippen LogP contribution in [0.25, 0.3) is 0 Å². The summed E-state index contributed by atoms with van der Waals surface area (Å²) < 4.78 is 5.58. The third-order valence-corrected chi connectivity index (χ3v) is 3.41. The van der Waals surface area contributed by atoms with Gasteiger partial charge in [0, 0.05) is 26.2 Å². The molecule has 0 aliphatic carbocycles. The molecule has 100 valence electrons. The quantitative estimate of drug-likeness (QED) is 0.734. The molecule has 1 aliphatic heterocycles. The second-order valence-corrected chi connectivity index (χ2v) is 4.73. The lowest BCUT2D eigenvalue weighted by Gasteiger charge is -2.27. The minimum Gasteiger partial charge on any atom is -0.376 e. The minimum absolute atomic E-state index is 0.0126. The lowest BCUT2D eigenvalue weighted by Crippen LogP contribution is -2.42. The molecule has 4 heteroatoms. The van der Waals surface area contributed by atoms with Gasteiger partial charge in [0.25, 0.3) is 0 Å². The molecule has 0 aromatic heterocycles. The van der Waals surface area contributed by atoms with Gasteiger partial charge in [-0.05, 0) is 26.2 Å². The Morgan fingerprint density at radius 3 is 2.76 bits per heavy atom. The average molecular weight is 242 g/mol. The lowest BCUT2D eigenvalue weighted by atomic mass is 10.0. The number of rotatable bonds is 7. The van der Waals surface area contributed by atoms with Crippen LogP contribution in [0.1, 0.15) is 39.5 Å². The van der Waals surface area contributed by atoms with Crippen molar-refractivity contribution in [2.45, 2.75) is 45.6 Å². The highest BCUT2D eigenvalue weighted by Crippen LogP contribution is 2.16. The van der Waals surface area contributed by atoms with Crippen LogP contribution in [0, 0.1) is 5.92 Å². The van der Waals surface area contributed by atoms with Crippen molar-refractivity contribution in [2.24, 2.45) is 11.7 Å². The summed E-state index contributed by atoms with van der Waals surface area (Å²) in [6.07, 6.45) is 4.32. The third kappa shape index (κ3) is 4.28. The number of nitrogens with zero attached hydrogens (tertiary/aromatic N) is 1. The second kappa shape index (κ2) is 7.67. The van der Waals surface area contributed by atoms with Gasteiger partial charge in [0.2, 0.25) is 5.91 Å². The number of amides is 1. The van der Waals surface area contributed by atoms with Gasteiger partial charge >= 0.3 is 0 Å². The summed E-state index contributed by atoms with van der Waals surface area (Å²) in [4.78, 5) is 14.2. The SMILES string of the molecule is CCCC(CN)C(=O)N(CC)CC1CCCO1. The molecule has 0 bridgehead atoms. The van der Waals surface area contributed by atoms with Crippen molar-refractivity contribution in [1.29, 1.82) is 0 Å². The summed E-state index contributed by atoms with van der Waals surface area (Å²) in [6, 6.07) is 0. The van der Waals surface area contributed by atoms with E-state index in [0.29, 0.717) is 6.54 Å². The molecule has 1 saturated heterocycles. The molecular weight excluding hydrogens is 216 g/mol. The Morgan fingerprint density at radius 1 is 1.53 bits per heavy atom. The maximum absolute atomic E-state index is 12.3. The van der Waals surface area contributed by atoms with Gasteiger partial charge in [-0.25, -0.2) is 0 Å². The molecule has 1 heterocycles. The molecule has 0 aromatic carbocycles. The lowest BCUT2D eigenvalue weighted by molar-refractivity contribution is -0.136. The third-order valence-electron chi connectivity index (χ3n) is 3.41. The summed E-state index contributed by atoms with van der Waals surface area (Å²) in [5.41, 5.74) is 5.68. The standard InChI is InChI=1S/C13H26N2O2/c1-3-6-11(9-14)13(16)15(4-2)10-12-7-5-8-17-12/h11-12H,3-10,14H2,1-2H3. The zero-order valence-electron chi connectivity index (χ0n) is 11.2. The van der Waals surface area contributed by atoms with Gasteiger partial charge in [-0.2, -0.15) is 0 Å². The largest absolute Gasteiger partial charge is 0.376 e. The van der Waals surface area contributed by atoms with Gasteiger partial charge < -0.3 is 15.4 Å². The number of carbonyl (C=O) groups excluding carboxylic acids is 1. The molecule has 2 atom stereocenters. The van der Waals surface area contributed by atoms with Crippen molar-refractivity contribution in [1.82, 2.24) is 4.90 Å². The Balaban J connectivity index is 2.48. The van der Waals surface area contributed by atoms with Crippen molar-refractivity contribution in [3.63, 3.8) is 0 Å². The van der Waals surface area contributed by atoms with Crippen LogP contribution in [-0.4, -0.2) is 43.2 Å². The van der Waals surface area contributed by atoms with E-state index in [0.717, 1.165) is 45.4 Å². The van der Waals surface area contributed by atoms with E-state index in [1.54, 1.807) is 0 Å². The van der Waals surface area contributed by atoms with Crippen LogP contribution in [0.3, 0.4) is 0 Å². The normalized spacial score (nSPS) is 21.5. The van der Waals surface area contributed by atoms with Gasteiger partial charge in [0.15, 0.2) is 0 Å². The average Bonchev–Trinajstić information content (AvgIpc) is 2.85. The first-order valence-corrected chi connectivity index (χ1v) is 6.83. The first kappa shape index (κ1) is 14.5. The van der Waals surface area contributed by atoms with Gasteiger partial charge in [-0.1, -0.05) is 13.3 Å². The first-order chi connectivity index (χ1) is 8.22. The highest BCUT2D eigenvalue weighted by Gasteiger charge is 2.25. The fourth-order valence-electron chi connectivity index (χ4n) is 2.36. The smallest absolute Gasteiger partial charge is 0.227 e. The first-order valence-electron chi connectivity index (χ1n) is 6.83. The zero-order valence-corrected chi connectivity index (χ0v) is 11.2. The molecule has 0 radical (unpaired) electrons. The van der Waals surface area contributed by atoms with Gasteiger partial charge in [-0.15, -0.1) is 0 Å². The molecule has 1 fully saturated rings. The monoisotopic (exact) mass is 242 g/mol. The topological polar surface area (TPSA) is 55.6 Å². The molecule has 17 heavy (non-hydrogen) atoms. The Morgan fingerprint density at radius 2 is 2.29 bits per heavy atom. The summed E-state index contributed by atoms with van der Waals surface area (Å²) in [7, 11) is 0. The predicted molar refractivity (Wildman–Crippen MR) is 68.7 cm³/mol. The highest BCUT2D eigenvalue weighted by atomic mass is 16.5. The summed E-state index contributed by atoms with van der Waals surface area (Å²) in [5.74, 6) is 0.189. The number of hydrogen-bond acceptors (Lipinski definition) is 3. The Labute approximate surface area is 104 Å². The molecule has 1 aliphatic rings. The molecule has 2 unspecified atom stereocenters. The Hall–Kier alpha value is -0.610. The number of likely N-dealkylation sites (N-methyl/N-ethyl adjacent to an activating group) is 1. The number of hydrogen-bond donors (Lipinski definition) is 1. The molecular formula is C13H26N2O2. The minimum atomic E-state index is -0.0126. The second-order valence-electron chi connectivity index (χ2n) is 4.73. The van der Waals surface area contributed by atoms with Gasteiger partial charge in [0.05, 0.1) is 12.0 Å². The van der Waals surface area contributed by atoms with Crippen LogP contribution >= 0.6 is 0 Å². The van der Waals surface area contributed by atoms with Crippen molar-refractivity contribution in [3.8, 4) is 0 Å². The molecule has 4 nitrogen and oxygen atoms in total. The Bertz CT molecular complexity index is 227. The van der Waals surface area contributed by atoms with Crippen LogP contribution in [0.2, 0.25) is 0 Å². The van der Waals surface area contributed by atoms with Crippen LogP contribution in [0.15, 0.2) is 0 Å². The summed E-state index contributed by atoms with van der Waals surface area (Å²) in [6.45, 7) is 6.88. The maximum atomic E-state index is 12.3. The predicted octanol–water partition coefficient (Wildman–Crippen LogP) is 1.39. The van der Waals surface area contributed by atoms with E-state index in [-0.39, 0.29) is 17.9 Å². The van der Waals surface area contributed by atoms with Gasteiger partial charge in [0.1, 0.15) is 0 Å². The molecule has 1 amide bonds. The number of nitrogens with two attached hydrogens (primary N) is 1. The van der Waals surface area contributed by atoms with E-state index in [1.807, 2.05) is 11.8 Å². The fraction of sp³-hybridized carbons (Fsp3) is 0.923. The summed E-state index contributed by atoms with van der Waals surface area (Å²) >= 11 is 0. The van der Waals surface area contributed by atoms with Crippen LogP contribution in [0.5, 0.6) is 0 Å². The number of ether oxygens (including phenoxy) is 1. The maximum Gasteiger partial charge on any atom is 0.227 e. The molecule has 0 saturated carbocycles. The van der Waals surface area contributed by atoms with E-state index >= 15 is 0 Å². The molecule has 2 N–H and O–H groups in total. The van der Waals surface area contributed by atoms with E-state index in [4.69, 9.17) is 10.5 Å². The van der Waals surface area contributed by atoms with Gasteiger partial charge in [-0.3, -0.25) is 4.79 Å². The summed E-state index contributed by atoms with van der Waals surface area (Å²) in [5, 5.41) is 0.